The van der Waals surface area contributed by atoms with Crippen molar-refractivity contribution in [1.82, 2.24) is 15.0 Å². The van der Waals surface area contributed by atoms with E-state index >= 15 is 0 Å². The summed E-state index contributed by atoms with van der Waals surface area (Å²) in [6.07, 6.45) is 2.53. The summed E-state index contributed by atoms with van der Waals surface area (Å²) < 4.78 is 34.3. The molecule has 4 rings (SSSR count). The lowest BCUT2D eigenvalue weighted by molar-refractivity contribution is 0.0514. The molecule has 1 saturated heterocycles. The minimum Gasteiger partial charge on any atom is -0.461 e. The Morgan fingerprint density at radius 1 is 1.24 bits per heavy atom. The van der Waals surface area contributed by atoms with E-state index in [1.54, 1.807) is 30.0 Å². The van der Waals surface area contributed by atoms with Gasteiger partial charge in [0.25, 0.3) is 5.91 Å². The maximum Gasteiger partial charge on any atom is 0.360 e. The lowest BCUT2D eigenvalue weighted by atomic mass is 9.97. The summed E-state index contributed by atoms with van der Waals surface area (Å²) in [6.45, 7) is 2.98. The molecule has 1 aliphatic rings. The number of amides is 1. The van der Waals surface area contributed by atoms with E-state index in [0.717, 1.165) is 11.3 Å². The summed E-state index contributed by atoms with van der Waals surface area (Å²) in [5.41, 5.74) is 0.902. The van der Waals surface area contributed by atoms with Crippen LogP contribution >= 0.6 is 11.3 Å². The van der Waals surface area contributed by atoms with Crippen LogP contribution in [0.15, 0.2) is 45.1 Å². The molecular weight excluding hydrogens is 466 g/mol. The molecular formula is C22H23N3O6S2. The third-order valence-corrected chi connectivity index (χ3v) is 7.58. The van der Waals surface area contributed by atoms with Crippen LogP contribution in [0.1, 0.15) is 51.5 Å². The fraction of sp³-hybridized carbons (Fsp3) is 0.364. The summed E-state index contributed by atoms with van der Waals surface area (Å²) in [5, 5.41) is 6.51. The Bertz CT molecular complexity index is 1270. The fourth-order valence-electron chi connectivity index (χ4n) is 3.75. The molecule has 0 saturated carbocycles. The van der Waals surface area contributed by atoms with E-state index in [0.29, 0.717) is 37.4 Å². The van der Waals surface area contributed by atoms with E-state index in [-0.39, 0.29) is 34.6 Å². The first-order valence-corrected chi connectivity index (χ1v) is 13.2. The molecule has 9 nitrogen and oxygen atoms in total. The number of hydrogen-bond acceptors (Lipinski definition) is 9. The van der Waals surface area contributed by atoms with E-state index in [2.05, 4.69) is 10.1 Å². The van der Waals surface area contributed by atoms with E-state index < -0.39 is 15.8 Å². The van der Waals surface area contributed by atoms with Gasteiger partial charge in [0, 0.05) is 36.7 Å². The zero-order valence-electron chi connectivity index (χ0n) is 18.2. The standard InChI is InChI=1S/C22H23N3O6S2/c1-3-30-22(27)16-12-18(31-24-16)17-13-32-20(23-17)14-8-10-25(11-9-14)21(26)15-6-4-5-7-19(15)33(2,28)29/h4-7,12-14H,3,8-11H2,1-2H3. The highest BCUT2D eigenvalue weighted by Crippen LogP contribution is 2.33. The van der Waals surface area contributed by atoms with Crippen molar-refractivity contribution >= 4 is 33.1 Å². The molecule has 3 aromatic rings. The Morgan fingerprint density at radius 3 is 2.67 bits per heavy atom. The summed E-state index contributed by atoms with van der Waals surface area (Å²) in [5.74, 6) is -0.254. The predicted molar refractivity (Wildman–Crippen MR) is 121 cm³/mol. The minimum absolute atomic E-state index is 0.0518. The van der Waals surface area contributed by atoms with Crippen LogP contribution in [0.2, 0.25) is 0 Å². The van der Waals surface area contributed by atoms with Crippen LogP contribution in [0.5, 0.6) is 0 Å². The van der Waals surface area contributed by atoms with Crippen molar-refractivity contribution in [3.63, 3.8) is 0 Å². The van der Waals surface area contributed by atoms with Crippen LogP contribution in [-0.4, -0.2) is 61.3 Å². The third kappa shape index (κ3) is 4.98. The molecule has 1 amide bonds. The number of benzene rings is 1. The number of ether oxygens (including phenoxy) is 1. The van der Waals surface area contributed by atoms with Crippen LogP contribution in [0.25, 0.3) is 11.5 Å². The highest BCUT2D eigenvalue weighted by molar-refractivity contribution is 7.90. The van der Waals surface area contributed by atoms with Crippen molar-refractivity contribution in [1.29, 1.82) is 0 Å². The lowest BCUT2D eigenvalue weighted by Crippen LogP contribution is -2.38. The van der Waals surface area contributed by atoms with E-state index in [1.807, 2.05) is 5.38 Å². The normalized spacial score (nSPS) is 14.9. The van der Waals surface area contributed by atoms with Crippen molar-refractivity contribution in [3.05, 3.63) is 52.0 Å². The van der Waals surface area contributed by atoms with Crippen LogP contribution in [0.3, 0.4) is 0 Å². The number of nitrogens with zero attached hydrogens (tertiary/aromatic N) is 3. The lowest BCUT2D eigenvalue weighted by Gasteiger charge is -2.31. The molecule has 3 heterocycles. The predicted octanol–water partition coefficient (Wildman–Crippen LogP) is 3.40. The van der Waals surface area contributed by atoms with Gasteiger partial charge in [-0.15, -0.1) is 11.3 Å². The number of carbonyl (C=O) groups excluding carboxylic acids is 2. The molecule has 0 radical (unpaired) electrons. The highest BCUT2D eigenvalue weighted by Gasteiger charge is 2.29. The molecule has 1 aliphatic heterocycles. The van der Waals surface area contributed by atoms with Crippen molar-refractivity contribution in [2.24, 2.45) is 0 Å². The van der Waals surface area contributed by atoms with Gasteiger partial charge in [-0.2, -0.15) is 0 Å². The maximum atomic E-state index is 13.0. The summed E-state index contributed by atoms with van der Waals surface area (Å²) in [4.78, 5) is 31.2. The number of esters is 1. The molecule has 174 valence electrons. The van der Waals surface area contributed by atoms with Gasteiger partial charge in [0.05, 0.1) is 22.1 Å². The minimum atomic E-state index is -3.50. The second-order valence-electron chi connectivity index (χ2n) is 7.70. The van der Waals surface area contributed by atoms with Gasteiger partial charge >= 0.3 is 5.97 Å². The second-order valence-corrected chi connectivity index (χ2v) is 10.6. The molecule has 0 bridgehead atoms. The number of carbonyl (C=O) groups is 2. The number of hydrogen-bond donors (Lipinski definition) is 0. The average Bonchev–Trinajstić information content (AvgIpc) is 3.48. The summed E-state index contributed by atoms with van der Waals surface area (Å²) in [6, 6.07) is 7.81. The van der Waals surface area contributed by atoms with Gasteiger partial charge in [0.15, 0.2) is 21.3 Å². The average molecular weight is 490 g/mol. The first kappa shape index (κ1) is 23.1. The quantitative estimate of drug-likeness (QED) is 0.483. The number of aromatic nitrogens is 2. The van der Waals surface area contributed by atoms with E-state index in [9.17, 15) is 18.0 Å². The molecule has 0 aliphatic carbocycles. The largest absolute Gasteiger partial charge is 0.461 e. The number of rotatable bonds is 6. The SMILES string of the molecule is CCOC(=O)c1cc(-c2csc(C3CCN(C(=O)c4ccccc4S(C)(=O)=O)CC3)n2)on1. The van der Waals surface area contributed by atoms with Gasteiger partial charge in [-0.3, -0.25) is 4.79 Å². The van der Waals surface area contributed by atoms with Crippen LogP contribution < -0.4 is 0 Å². The Balaban J connectivity index is 1.42. The Kier molecular flexibility index (Phi) is 6.61. The van der Waals surface area contributed by atoms with Crippen molar-refractivity contribution in [3.8, 4) is 11.5 Å². The smallest absolute Gasteiger partial charge is 0.360 e. The second kappa shape index (κ2) is 9.44. The van der Waals surface area contributed by atoms with Gasteiger partial charge < -0.3 is 14.2 Å². The zero-order chi connectivity index (χ0) is 23.6. The highest BCUT2D eigenvalue weighted by atomic mass is 32.2. The molecule has 1 aromatic carbocycles. The van der Waals surface area contributed by atoms with E-state index in [4.69, 9.17) is 9.26 Å². The zero-order valence-corrected chi connectivity index (χ0v) is 19.8. The monoisotopic (exact) mass is 489 g/mol. The topological polar surface area (TPSA) is 120 Å². The van der Waals surface area contributed by atoms with Crippen molar-refractivity contribution < 1.29 is 27.3 Å². The molecule has 33 heavy (non-hydrogen) atoms. The number of sulfone groups is 1. The summed E-state index contributed by atoms with van der Waals surface area (Å²) in [7, 11) is -3.50. The summed E-state index contributed by atoms with van der Waals surface area (Å²) >= 11 is 1.49. The molecule has 0 spiro atoms. The number of piperidine rings is 1. The van der Waals surface area contributed by atoms with Crippen molar-refractivity contribution in [2.75, 3.05) is 26.0 Å². The first-order chi connectivity index (χ1) is 15.8. The van der Waals surface area contributed by atoms with Crippen LogP contribution in [0.4, 0.5) is 0 Å². The molecule has 0 atom stereocenters. The third-order valence-electron chi connectivity index (χ3n) is 5.42. The molecule has 0 unspecified atom stereocenters. The van der Waals surface area contributed by atoms with Gasteiger partial charge in [-0.05, 0) is 31.9 Å². The Hall–Kier alpha value is -3.05. The van der Waals surface area contributed by atoms with Crippen LogP contribution in [0, 0.1) is 0 Å². The first-order valence-electron chi connectivity index (χ1n) is 10.5. The number of thiazole rings is 1. The van der Waals surface area contributed by atoms with Crippen molar-refractivity contribution in [2.45, 2.75) is 30.6 Å². The van der Waals surface area contributed by atoms with Gasteiger partial charge in [-0.25, -0.2) is 18.2 Å². The number of likely N-dealkylation sites (tertiary alicyclic amines) is 1. The maximum absolute atomic E-state index is 13.0. The van der Waals surface area contributed by atoms with Gasteiger partial charge in [0.1, 0.15) is 5.69 Å². The van der Waals surface area contributed by atoms with Gasteiger partial charge in [-0.1, -0.05) is 17.3 Å². The molecule has 11 heteroatoms. The van der Waals surface area contributed by atoms with Gasteiger partial charge in [0.2, 0.25) is 0 Å². The fourth-order valence-corrected chi connectivity index (χ4v) is 5.61. The Labute approximate surface area is 195 Å². The molecule has 1 fully saturated rings. The molecule has 0 N–H and O–H groups in total. The molecule has 2 aromatic heterocycles. The Morgan fingerprint density at radius 2 is 1.97 bits per heavy atom. The van der Waals surface area contributed by atoms with E-state index in [1.165, 1.54) is 23.5 Å². The van der Waals surface area contributed by atoms with Crippen LogP contribution in [-0.2, 0) is 14.6 Å².